The molecule has 0 saturated carbocycles. The first-order valence-corrected chi connectivity index (χ1v) is 8.02. The van der Waals surface area contributed by atoms with Gasteiger partial charge in [-0.1, -0.05) is 41.6 Å². The first-order valence-electron chi connectivity index (χ1n) is 8.02. The van der Waals surface area contributed by atoms with E-state index in [2.05, 4.69) is 27.6 Å². The van der Waals surface area contributed by atoms with Gasteiger partial charge in [-0.25, -0.2) is 0 Å². The standard InChI is InChI=1S/C18H21N3O2/c1-19-16(22)11-14-7-9-15(10-8-14)18-20-17(23-21-18)12-13-5-3-2-4-6-13/h2-3,7-10,13H,4-6,11-12H2,1H3,(H,19,22). The monoisotopic (exact) mass is 311 g/mol. The Kier molecular flexibility index (Phi) is 4.86. The predicted octanol–water partition coefficient (Wildman–Crippen LogP) is 2.92. The summed E-state index contributed by atoms with van der Waals surface area (Å²) >= 11 is 0. The molecule has 23 heavy (non-hydrogen) atoms. The van der Waals surface area contributed by atoms with Gasteiger partial charge in [-0.3, -0.25) is 4.79 Å². The highest BCUT2D eigenvalue weighted by molar-refractivity contribution is 5.78. The zero-order valence-electron chi connectivity index (χ0n) is 13.3. The fourth-order valence-corrected chi connectivity index (χ4v) is 2.79. The Labute approximate surface area is 135 Å². The van der Waals surface area contributed by atoms with Gasteiger partial charge < -0.3 is 9.84 Å². The third-order valence-corrected chi connectivity index (χ3v) is 4.16. The fraction of sp³-hybridized carbons (Fsp3) is 0.389. The number of rotatable bonds is 5. The van der Waals surface area contributed by atoms with Crippen LogP contribution in [0.4, 0.5) is 0 Å². The largest absolute Gasteiger partial charge is 0.359 e. The molecule has 1 atom stereocenters. The third kappa shape index (κ3) is 4.06. The van der Waals surface area contributed by atoms with Crippen molar-refractivity contribution in [3.05, 3.63) is 47.9 Å². The van der Waals surface area contributed by atoms with Crippen LogP contribution in [0.15, 0.2) is 40.9 Å². The van der Waals surface area contributed by atoms with E-state index >= 15 is 0 Å². The maximum Gasteiger partial charge on any atom is 0.227 e. The predicted molar refractivity (Wildman–Crippen MR) is 87.7 cm³/mol. The zero-order valence-corrected chi connectivity index (χ0v) is 13.3. The molecular formula is C18H21N3O2. The molecule has 1 unspecified atom stereocenters. The Balaban J connectivity index is 1.65. The second-order valence-electron chi connectivity index (χ2n) is 5.91. The molecule has 0 bridgehead atoms. The van der Waals surface area contributed by atoms with Crippen molar-refractivity contribution in [2.45, 2.75) is 32.1 Å². The van der Waals surface area contributed by atoms with Gasteiger partial charge in [0.2, 0.25) is 17.6 Å². The number of hydrogen-bond donors (Lipinski definition) is 1. The maximum absolute atomic E-state index is 11.4. The van der Waals surface area contributed by atoms with Gasteiger partial charge in [-0.2, -0.15) is 4.98 Å². The highest BCUT2D eigenvalue weighted by Crippen LogP contribution is 2.23. The third-order valence-electron chi connectivity index (χ3n) is 4.16. The van der Waals surface area contributed by atoms with Crippen molar-refractivity contribution in [1.29, 1.82) is 0 Å². The van der Waals surface area contributed by atoms with Gasteiger partial charge in [-0.05, 0) is 30.7 Å². The summed E-state index contributed by atoms with van der Waals surface area (Å²) in [6.45, 7) is 0. The molecule has 1 heterocycles. The van der Waals surface area contributed by atoms with Crippen LogP contribution in [0, 0.1) is 5.92 Å². The lowest BCUT2D eigenvalue weighted by Gasteiger charge is -2.14. The molecule has 1 aromatic carbocycles. The number of likely N-dealkylation sites (N-methyl/N-ethyl adjacent to an activating group) is 1. The van der Waals surface area contributed by atoms with Crippen molar-refractivity contribution in [3.8, 4) is 11.4 Å². The number of allylic oxidation sites excluding steroid dienone is 2. The Bertz CT molecular complexity index is 689. The average Bonchev–Trinajstić information content (AvgIpc) is 3.05. The Morgan fingerprint density at radius 3 is 2.83 bits per heavy atom. The van der Waals surface area contributed by atoms with E-state index in [1.807, 2.05) is 24.3 Å². The molecule has 0 spiro atoms. The van der Waals surface area contributed by atoms with Gasteiger partial charge in [0, 0.05) is 19.0 Å². The molecule has 0 radical (unpaired) electrons. The lowest BCUT2D eigenvalue weighted by atomic mass is 9.91. The van der Waals surface area contributed by atoms with E-state index in [0.717, 1.165) is 30.4 Å². The fourth-order valence-electron chi connectivity index (χ4n) is 2.79. The van der Waals surface area contributed by atoms with Crippen LogP contribution in [0.3, 0.4) is 0 Å². The summed E-state index contributed by atoms with van der Waals surface area (Å²) in [5, 5.41) is 6.69. The topological polar surface area (TPSA) is 68.0 Å². The number of hydrogen-bond acceptors (Lipinski definition) is 4. The van der Waals surface area contributed by atoms with Crippen molar-refractivity contribution >= 4 is 5.91 Å². The van der Waals surface area contributed by atoms with Crippen LogP contribution in [0.1, 0.15) is 30.7 Å². The van der Waals surface area contributed by atoms with Crippen LogP contribution in [0.5, 0.6) is 0 Å². The van der Waals surface area contributed by atoms with E-state index in [9.17, 15) is 4.79 Å². The van der Waals surface area contributed by atoms with Crippen molar-refractivity contribution in [3.63, 3.8) is 0 Å². The van der Waals surface area contributed by atoms with Crippen molar-refractivity contribution in [2.24, 2.45) is 5.92 Å². The second kappa shape index (κ2) is 7.22. The SMILES string of the molecule is CNC(=O)Cc1ccc(-c2noc(CC3CC=CCC3)n2)cc1. The number of carbonyl (C=O) groups excluding carboxylic acids is 1. The summed E-state index contributed by atoms with van der Waals surface area (Å²) in [5.74, 6) is 1.91. The van der Waals surface area contributed by atoms with Crippen LogP contribution in [0.25, 0.3) is 11.4 Å². The lowest BCUT2D eigenvalue weighted by Crippen LogP contribution is -2.19. The molecule has 5 heteroatoms. The lowest BCUT2D eigenvalue weighted by molar-refractivity contribution is -0.119. The Hall–Kier alpha value is -2.43. The van der Waals surface area contributed by atoms with Crippen molar-refractivity contribution < 1.29 is 9.32 Å². The van der Waals surface area contributed by atoms with Crippen molar-refractivity contribution in [1.82, 2.24) is 15.5 Å². The molecule has 2 aromatic rings. The van der Waals surface area contributed by atoms with E-state index in [-0.39, 0.29) is 5.91 Å². The van der Waals surface area contributed by atoms with E-state index < -0.39 is 0 Å². The summed E-state index contributed by atoms with van der Waals surface area (Å²) in [6.07, 6.45) is 9.09. The first kappa shape index (κ1) is 15.5. The molecule has 0 aliphatic heterocycles. The number of nitrogens with zero attached hydrogens (tertiary/aromatic N) is 2. The molecule has 120 valence electrons. The summed E-state index contributed by atoms with van der Waals surface area (Å²) < 4.78 is 5.38. The zero-order chi connectivity index (χ0) is 16.1. The first-order chi connectivity index (χ1) is 11.2. The number of carbonyl (C=O) groups is 1. The van der Waals surface area contributed by atoms with Gasteiger partial charge in [0.1, 0.15) is 0 Å². The number of aromatic nitrogens is 2. The van der Waals surface area contributed by atoms with Gasteiger partial charge in [0.05, 0.1) is 6.42 Å². The molecule has 0 saturated heterocycles. The molecule has 1 aliphatic rings. The molecule has 3 rings (SSSR count). The summed E-state index contributed by atoms with van der Waals surface area (Å²) in [4.78, 5) is 15.9. The number of benzene rings is 1. The van der Waals surface area contributed by atoms with Crippen LogP contribution in [-0.4, -0.2) is 23.1 Å². The minimum Gasteiger partial charge on any atom is -0.359 e. The Morgan fingerprint density at radius 1 is 1.30 bits per heavy atom. The van der Waals surface area contributed by atoms with Crippen LogP contribution < -0.4 is 5.32 Å². The van der Waals surface area contributed by atoms with Crippen LogP contribution >= 0.6 is 0 Å². The maximum atomic E-state index is 11.4. The second-order valence-corrected chi connectivity index (χ2v) is 5.91. The number of nitrogens with one attached hydrogen (secondary N) is 1. The molecule has 0 fully saturated rings. The minimum atomic E-state index is 0.00105. The normalized spacial score (nSPS) is 17.2. The van der Waals surface area contributed by atoms with E-state index in [1.54, 1.807) is 7.05 Å². The smallest absolute Gasteiger partial charge is 0.227 e. The van der Waals surface area contributed by atoms with E-state index in [0.29, 0.717) is 24.1 Å². The number of amides is 1. The molecule has 1 aromatic heterocycles. The van der Waals surface area contributed by atoms with E-state index in [4.69, 9.17) is 4.52 Å². The molecule has 1 amide bonds. The van der Waals surface area contributed by atoms with Gasteiger partial charge in [-0.15, -0.1) is 0 Å². The van der Waals surface area contributed by atoms with E-state index in [1.165, 1.54) is 6.42 Å². The van der Waals surface area contributed by atoms with Gasteiger partial charge in [0.25, 0.3) is 0 Å². The molecule has 1 aliphatic carbocycles. The summed E-state index contributed by atoms with van der Waals surface area (Å²) in [5.41, 5.74) is 1.87. The van der Waals surface area contributed by atoms with Gasteiger partial charge >= 0.3 is 0 Å². The van der Waals surface area contributed by atoms with Crippen LogP contribution in [0.2, 0.25) is 0 Å². The van der Waals surface area contributed by atoms with Gasteiger partial charge in [0.15, 0.2) is 0 Å². The minimum absolute atomic E-state index is 0.00105. The summed E-state index contributed by atoms with van der Waals surface area (Å²) in [6, 6.07) is 7.70. The van der Waals surface area contributed by atoms with Crippen molar-refractivity contribution in [2.75, 3.05) is 7.05 Å². The summed E-state index contributed by atoms with van der Waals surface area (Å²) in [7, 11) is 1.64. The van der Waals surface area contributed by atoms with Crippen LogP contribution in [-0.2, 0) is 17.6 Å². The Morgan fingerprint density at radius 2 is 2.13 bits per heavy atom. The molecular weight excluding hydrogens is 290 g/mol. The quantitative estimate of drug-likeness (QED) is 0.862. The average molecular weight is 311 g/mol. The highest BCUT2D eigenvalue weighted by Gasteiger charge is 2.16. The molecule has 5 nitrogen and oxygen atoms in total. The highest BCUT2D eigenvalue weighted by atomic mass is 16.5. The molecule has 1 N–H and O–H groups in total.